The van der Waals surface area contributed by atoms with Crippen LogP contribution in [0, 0.1) is 0 Å². The van der Waals surface area contributed by atoms with Gasteiger partial charge in [0.05, 0.1) is 11.7 Å². The van der Waals surface area contributed by atoms with E-state index in [-0.39, 0.29) is 5.60 Å². The van der Waals surface area contributed by atoms with E-state index in [4.69, 9.17) is 16.3 Å². The van der Waals surface area contributed by atoms with Crippen molar-refractivity contribution in [2.24, 2.45) is 0 Å². The van der Waals surface area contributed by atoms with Crippen molar-refractivity contribution in [3.05, 3.63) is 35.9 Å². The molecule has 2 atom stereocenters. The van der Waals surface area contributed by atoms with Gasteiger partial charge in [-0.3, -0.25) is 0 Å². The molecule has 1 aliphatic rings. The van der Waals surface area contributed by atoms with Crippen molar-refractivity contribution >= 4 is 11.6 Å². The van der Waals surface area contributed by atoms with Crippen LogP contribution in [0.1, 0.15) is 32.3 Å². The van der Waals surface area contributed by atoms with Crippen molar-refractivity contribution in [2.45, 2.75) is 50.9 Å². The average molecular weight is 282 g/mol. The molecule has 1 aromatic carbocycles. The lowest BCUT2D eigenvalue weighted by Crippen LogP contribution is -2.38. The van der Waals surface area contributed by atoms with Gasteiger partial charge in [0.1, 0.15) is 0 Å². The van der Waals surface area contributed by atoms with Crippen LogP contribution in [0.25, 0.3) is 0 Å². The molecule has 0 amide bonds. The normalized spacial score (nSPS) is 23.4. The molecule has 1 saturated heterocycles. The SMILES string of the molecule is CC1(C)CCC(CNC(CCl)Cc2ccccc2)O1. The molecule has 2 nitrogen and oxygen atoms in total. The van der Waals surface area contributed by atoms with Crippen molar-refractivity contribution in [3.8, 4) is 0 Å². The Morgan fingerprint density at radius 3 is 2.68 bits per heavy atom. The van der Waals surface area contributed by atoms with Crippen molar-refractivity contribution in [3.63, 3.8) is 0 Å². The molecule has 1 N–H and O–H groups in total. The fraction of sp³-hybridized carbons (Fsp3) is 0.625. The Balaban J connectivity index is 1.77. The van der Waals surface area contributed by atoms with Gasteiger partial charge in [-0.1, -0.05) is 30.3 Å². The van der Waals surface area contributed by atoms with Crippen LogP contribution < -0.4 is 5.32 Å². The highest BCUT2D eigenvalue weighted by Gasteiger charge is 2.31. The van der Waals surface area contributed by atoms with Crippen LogP contribution in [0.15, 0.2) is 30.3 Å². The smallest absolute Gasteiger partial charge is 0.0707 e. The van der Waals surface area contributed by atoms with E-state index in [1.54, 1.807) is 0 Å². The zero-order valence-electron chi connectivity index (χ0n) is 11.9. The fourth-order valence-electron chi connectivity index (χ4n) is 2.60. The quantitative estimate of drug-likeness (QED) is 0.807. The molecule has 0 aromatic heterocycles. The van der Waals surface area contributed by atoms with Gasteiger partial charge in [0, 0.05) is 18.5 Å². The number of halogens is 1. The first-order valence-corrected chi connectivity index (χ1v) is 7.63. The summed E-state index contributed by atoms with van der Waals surface area (Å²) in [5, 5.41) is 3.54. The van der Waals surface area contributed by atoms with Gasteiger partial charge in [-0.15, -0.1) is 11.6 Å². The van der Waals surface area contributed by atoms with E-state index in [2.05, 4.69) is 43.4 Å². The summed E-state index contributed by atoms with van der Waals surface area (Å²) in [7, 11) is 0. The summed E-state index contributed by atoms with van der Waals surface area (Å²) in [6, 6.07) is 10.8. The molecule has 1 aromatic rings. The monoisotopic (exact) mass is 281 g/mol. The molecule has 0 saturated carbocycles. The molecular formula is C16H24ClNO. The number of hydrogen-bond donors (Lipinski definition) is 1. The molecule has 0 radical (unpaired) electrons. The summed E-state index contributed by atoms with van der Waals surface area (Å²) in [6.07, 6.45) is 3.58. The van der Waals surface area contributed by atoms with Crippen molar-refractivity contribution in [1.82, 2.24) is 5.32 Å². The minimum Gasteiger partial charge on any atom is -0.371 e. The van der Waals surface area contributed by atoms with Gasteiger partial charge in [-0.25, -0.2) is 0 Å². The minimum absolute atomic E-state index is 0.0439. The summed E-state index contributed by atoms with van der Waals surface area (Å²) in [4.78, 5) is 0. The van der Waals surface area contributed by atoms with Gasteiger partial charge < -0.3 is 10.1 Å². The van der Waals surface area contributed by atoms with Gasteiger partial charge in [0.2, 0.25) is 0 Å². The Hall–Kier alpha value is -0.570. The Morgan fingerprint density at radius 1 is 1.37 bits per heavy atom. The first-order chi connectivity index (χ1) is 9.09. The van der Waals surface area contributed by atoms with E-state index in [9.17, 15) is 0 Å². The van der Waals surface area contributed by atoms with Crippen LogP contribution in [0.5, 0.6) is 0 Å². The van der Waals surface area contributed by atoms with Crippen molar-refractivity contribution in [2.75, 3.05) is 12.4 Å². The number of alkyl halides is 1. The highest BCUT2D eigenvalue weighted by atomic mass is 35.5. The zero-order chi connectivity index (χ0) is 13.7. The van der Waals surface area contributed by atoms with E-state index in [0.717, 1.165) is 25.8 Å². The van der Waals surface area contributed by atoms with Crippen LogP contribution in [-0.4, -0.2) is 30.2 Å². The maximum absolute atomic E-state index is 6.06. The van der Waals surface area contributed by atoms with E-state index >= 15 is 0 Å². The Labute approximate surface area is 121 Å². The van der Waals surface area contributed by atoms with Crippen LogP contribution in [-0.2, 0) is 11.2 Å². The molecule has 2 unspecified atom stereocenters. The number of benzene rings is 1. The van der Waals surface area contributed by atoms with Crippen LogP contribution in [0.4, 0.5) is 0 Å². The lowest BCUT2D eigenvalue weighted by atomic mass is 10.0. The number of rotatable bonds is 6. The molecule has 0 aliphatic carbocycles. The third-order valence-corrected chi connectivity index (χ3v) is 4.07. The van der Waals surface area contributed by atoms with Crippen LogP contribution >= 0.6 is 11.6 Å². The maximum atomic E-state index is 6.06. The second-order valence-electron chi connectivity index (χ2n) is 5.99. The van der Waals surface area contributed by atoms with Crippen LogP contribution in [0.2, 0.25) is 0 Å². The zero-order valence-corrected chi connectivity index (χ0v) is 12.6. The maximum Gasteiger partial charge on any atom is 0.0707 e. The number of ether oxygens (including phenoxy) is 1. The number of hydrogen-bond acceptors (Lipinski definition) is 2. The van der Waals surface area contributed by atoms with Gasteiger partial charge in [0.15, 0.2) is 0 Å². The molecule has 19 heavy (non-hydrogen) atoms. The fourth-order valence-corrected chi connectivity index (χ4v) is 2.82. The Bertz CT molecular complexity index is 380. The van der Waals surface area contributed by atoms with Gasteiger partial charge in [-0.05, 0) is 38.7 Å². The molecule has 0 spiro atoms. The molecular weight excluding hydrogens is 258 g/mol. The predicted molar refractivity (Wildman–Crippen MR) is 80.8 cm³/mol. The van der Waals surface area contributed by atoms with E-state index in [0.29, 0.717) is 18.0 Å². The lowest BCUT2D eigenvalue weighted by molar-refractivity contribution is -0.0149. The molecule has 2 rings (SSSR count). The minimum atomic E-state index is 0.0439. The predicted octanol–water partition coefficient (Wildman–Crippen LogP) is 3.38. The highest BCUT2D eigenvalue weighted by Crippen LogP contribution is 2.28. The Kier molecular flexibility index (Phi) is 5.26. The molecule has 3 heteroatoms. The largest absolute Gasteiger partial charge is 0.371 e. The molecule has 1 fully saturated rings. The average Bonchev–Trinajstić information content (AvgIpc) is 2.75. The summed E-state index contributed by atoms with van der Waals surface area (Å²) in [6.45, 7) is 5.22. The third-order valence-electron chi connectivity index (χ3n) is 3.70. The van der Waals surface area contributed by atoms with Crippen molar-refractivity contribution in [1.29, 1.82) is 0 Å². The van der Waals surface area contributed by atoms with E-state index < -0.39 is 0 Å². The standard InChI is InChI=1S/C16H24ClNO/c1-16(2)9-8-15(19-16)12-18-14(11-17)10-13-6-4-3-5-7-13/h3-7,14-15,18H,8-12H2,1-2H3. The Morgan fingerprint density at radius 2 is 2.11 bits per heavy atom. The first-order valence-electron chi connectivity index (χ1n) is 7.10. The second kappa shape index (κ2) is 6.74. The lowest BCUT2D eigenvalue weighted by Gasteiger charge is -2.22. The second-order valence-corrected chi connectivity index (χ2v) is 6.30. The van der Waals surface area contributed by atoms with E-state index in [1.165, 1.54) is 5.56 Å². The van der Waals surface area contributed by atoms with Crippen LogP contribution in [0.3, 0.4) is 0 Å². The molecule has 106 valence electrons. The van der Waals surface area contributed by atoms with Gasteiger partial charge in [0.25, 0.3) is 0 Å². The first kappa shape index (κ1) is 14.8. The third kappa shape index (κ3) is 4.79. The summed E-state index contributed by atoms with van der Waals surface area (Å²) in [5.74, 6) is 0.630. The summed E-state index contributed by atoms with van der Waals surface area (Å²) < 4.78 is 5.99. The summed E-state index contributed by atoms with van der Waals surface area (Å²) in [5.41, 5.74) is 1.37. The number of nitrogens with one attached hydrogen (secondary N) is 1. The van der Waals surface area contributed by atoms with Crippen molar-refractivity contribution < 1.29 is 4.74 Å². The summed E-state index contributed by atoms with van der Waals surface area (Å²) >= 11 is 6.06. The molecule has 1 aliphatic heterocycles. The van der Waals surface area contributed by atoms with Gasteiger partial charge >= 0.3 is 0 Å². The topological polar surface area (TPSA) is 21.3 Å². The highest BCUT2D eigenvalue weighted by molar-refractivity contribution is 6.18. The molecule has 0 bridgehead atoms. The van der Waals surface area contributed by atoms with Gasteiger partial charge in [-0.2, -0.15) is 0 Å². The van der Waals surface area contributed by atoms with E-state index in [1.807, 2.05) is 6.07 Å². The molecule has 1 heterocycles.